The molecule has 0 amide bonds. The van der Waals surface area contributed by atoms with Gasteiger partial charge in [-0.1, -0.05) is 24.3 Å². The Morgan fingerprint density at radius 1 is 1.21 bits per heavy atom. The molecule has 154 valence electrons. The molecule has 4 rings (SSSR count). The number of nitrogens with zero attached hydrogens (tertiary/aromatic N) is 2. The van der Waals surface area contributed by atoms with Crippen LogP contribution in [0.3, 0.4) is 0 Å². The van der Waals surface area contributed by atoms with Gasteiger partial charge in [0, 0.05) is 6.42 Å². The molecule has 2 aliphatic heterocycles. The number of fused-ring (bicyclic) bond motifs is 1. The van der Waals surface area contributed by atoms with E-state index in [0.29, 0.717) is 35.7 Å². The van der Waals surface area contributed by atoms with Crippen LogP contribution in [-0.2, 0) is 9.53 Å². The monoisotopic (exact) mass is 396 g/mol. The first-order valence-corrected chi connectivity index (χ1v) is 10.2. The highest BCUT2D eigenvalue weighted by atomic mass is 16.5. The van der Waals surface area contributed by atoms with E-state index in [-0.39, 0.29) is 6.10 Å². The molecule has 1 aliphatic carbocycles. The number of hydrogen-bond donors (Lipinski definition) is 3. The standard InChI is InChI=1S/C22H28N4O3/c1-22(2)19(29-18-20(23)24-12-25-21(18)26-22)16-9-7-15(8-10-16)14-5-3-13(4-6-14)11-17(27)28/h7-10,12-14,19H,3-6,11H2,1-2H3,(H,27,28)(H3,23,24,25,26). The molecule has 1 saturated carbocycles. The van der Waals surface area contributed by atoms with Gasteiger partial charge in [0.25, 0.3) is 0 Å². The fourth-order valence-corrected chi connectivity index (χ4v) is 4.58. The SMILES string of the molecule is CC1(C)N=C2NC=NC(N)=C2OC1c1ccc(C2CCC(CC(=O)O)CC2)cc1. The zero-order valence-corrected chi connectivity index (χ0v) is 16.9. The summed E-state index contributed by atoms with van der Waals surface area (Å²) < 4.78 is 6.23. The van der Waals surface area contributed by atoms with Gasteiger partial charge in [-0.2, -0.15) is 0 Å². The predicted molar refractivity (Wildman–Crippen MR) is 112 cm³/mol. The largest absolute Gasteiger partial charge is 0.481 e. The number of carboxylic acid groups (broad SMARTS) is 1. The van der Waals surface area contributed by atoms with Crippen molar-refractivity contribution in [3.05, 3.63) is 47.0 Å². The van der Waals surface area contributed by atoms with E-state index in [1.165, 1.54) is 11.9 Å². The van der Waals surface area contributed by atoms with Crippen LogP contribution < -0.4 is 11.1 Å². The van der Waals surface area contributed by atoms with Crippen molar-refractivity contribution in [2.75, 3.05) is 0 Å². The Morgan fingerprint density at radius 3 is 2.52 bits per heavy atom. The van der Waals surface area contributed by atoms with Crippen LogP contribution in [-0.4, -0.2) is 28.8 Å². The second kappa shape index (κ2) is 7.54. The number of carbonyl (C=O) groups is 1. The predicted octanol–water partition coefficient (Wildman–Crippen LogP) is 3.44. The Kier molecular flexibility index (Phi) is 5.06. The lowest BCUT2D eigenvalue weighted by molar-refractivity contribution is -0.138. The highest BCUT2D eigenvalue weighted by Gasteiger charge is 2.40. The van der Waals surface area contributed by atoms with Crippen LogP contribution in [0.25, 0.3) is 0 Å². The fourth-order valence-electron chi connectivity index (χ4n) is 4.58. The molecular weight excluding hydrogens is 368 g/mol. The zero-order chi connectivity index (χ0) is 20.6. The number of benzene rings is 1. The van der Waals surface area contributed by atoms with Crippen LogP contribution in [0.1, 0.15) is 69.1 Å². The highest BCUT2D eigenvalue weighted by molar-refractivity contribution is 6.05. The number of ether oxygens (including phenoxy) is 1. The summed E-state index contributed by atoms with van der Waals surface area (Å²) in [5, 5.41) is 12.0. The Hall–Kier alpha value is -2.83. The molecule has 4 N–H and O–H groups in total. The van der Waals surface area contributed by atoms with Crippen molar-refractivity contribution < 1.29 is 14.6 Å². The second-order valence-corrected chi connectivity index (χ2v) is 8.71. The molecule has 0 spiro atoms. The maximum absolute atomic E-state index is 10.9. The summed E-state index contributed by atoms with van der Waals surface area (Å²) in [7, 11) is 0. The summed E-state index contributed by atoms with van der Waals surface area (Å²) >= 11 is 0. The minimum Gasteiger partial charge on any atom is -0.481 e. The number of hydrogen-bond acceptors (Lipinski definition) is 6. The summed E-state index contributed by atoms with van der Waals surface area (Å²) in [5.74, 6) is 1.57. The maximum Gasteiger partial charge on any atom is 0.303 e. The lowest BCUT2D eigenvalue weighted by Crippen LogP contribution is -2.43. The van der Waals surface area contributed by atoms with Gasteiger partial charge in [0.1, 0.15) is 6.10 Å². The van der Waals surface area contributed by atoms with Gasteiger partial charge in [0.15, 0.2) is 11.7 Å². The van der Waals surface area contributed by atoms with Gasteiger partial charge in [-0.3, -0.25) is 9.79 Å². The molecule has 1 aromatic carbocycles. The van der Waals surface area contributed by atoms with E-state index in [4.69, 9.17) is 20.6 Å². The van der Waals surface area contributed by atoms with Gasteiger partial charge in [-0.15, -0.1) is 0 Å². The molecule has 1 atom stereocenters. The Balaban J connectivity index is 1.48. The molecule has 0 radical (unpaired) electrons. The van der Waals surface area contributed by atoms with Crippen molar-refractivity contribution >= 4 is 18.1 Å². The van der Waals surface area contributed by atoms with Crippen LogP contribution >= 0.6 is 0 Å². The first kappa shape index (κ1) is 19.5. The fraction of sp³-hybridized carbons (Fsp3) is 0.500. The number of nitrogens with two attached hydrogens (primary N) is 1. The highest BCUT2D eigenvalue weighted by Crippen LogP contribution is 2.41. The average Bonchev–Trinajstić information content (AvgIpc) is 2.67. The lowest BCUT2D eigenvalue weighted by Gasteiger charge is -2.38. The molecule has 1 aromatic rings. The molecule has 0 aromatic heterocycles. The van der Waals surface area contributed by atoms with E-state index < -0.39 is 11.5 Å². The minimum absolute atomic E-state index is 0.254. The van der Waals surface area contributed by atoms with Crippen LogP contribution in [0.4, 0.5) is 0 Å². The molecule has 0 bridgehead atoms. The van der Waals surface area contributed by atoms with Gasteiger partial charge in [0.05, 0.1) is 11.9 Å². The molecule has 1 fully saturated rings. The van der Waals surface area contributed by atoms with Gasteiger partial charge in [-0.25, -0.2) is 4.99 Å². The Morgan fingerprint density at radius 2 is 1.86 bits per heavy atom. The topological polar surface area (TPSA) is 109 Å². The van der Waals surface area contributed by atoms with Crippen molar-refractivity contribution in [2.24, 2.45) is 21.6 Å². The van der Waals surface area contributed by atoms with Gasteiger partial charge in [0.2, 0.25) is 5.76 Å². The molecule has 7 nitrogen and oxygen atoms in total. The van der Waals surface area contributed by atoms with E-state index in [2.05, 4.69) is 34.6 Å². The summed E-state index contributed by atoms with van der Waals surface area (Å²) in [6.07, 6.45) is 5.62. The van der Waals surface area contributed by atoms with E-state index in [1.807, 2.05) is 13.8 Å². The molecule has 3 aliphatic rings. The number of amidine groups is 1. The Bertz CT molecular complexity index is 878. The van der Waals surface area contributed by atoms with Gasteiger partial charge >= 0.3 is 5.97 Å². The zero-order valence-electron chi connectivity index (χ0n) is 16.9. The lowest BCUT2D eigenvalue weighted by atomic mass is 9.77. The third-order valence-electron chi connectivity index (χ3n) is 6.15. The normalized spacial score (nSPS) is 28.1. The van der Waals surface area contributed by atoms with Crippen molar-refractivity contribution in [1.29, 1.82) is 0 Å². The number of rotatable bonds is 4. The molecular formula is C22H28N4O3. The number of aliphatic imine (C=N–C) groups is 2. The van der Waals surface area contributed by atoms with E-state index in [9.17, 15) is 4.79 Å². The number of carboxylic acids is 1. The molecule has 2 heterocycles. The van der Waals surface area contributed by atoms with Crippen molar-refractivity contribution in [3.63, 3.8) is 0 Å². The first-order chi connectivity index (χ1) is 13.8. The Labute approximate surface area is 170 Å². The van der Waals surface area contributed by atoms with E-state index in [1.54, 1.807) is 0 Å². The summed E-state index contributed by atoms with van der Waals surface area (Å²) in [6.45, 7) is 4.09. The molecule has 7 heteroatoms. The summed E-state index contributed by atoms with van der Waals surface area (Å²) in [4.78, 5) is 19.8. The quantitative estimate of drug-likeness (QED) is 0.722. The van der Waals surface area contributed by atoms with Gasteiger partial charge < -0.3 is 20.9 Å². The summed E-state index contributed by atoms with van der Waals surface area (Å²) in [5.41, 5.74) is 7.89. The number of aliphatic carboxylic acids is 1. The third kappa shape index (κ3) is 3.99. The summed E-state index contributed by atoms with van der Waals surface area (Å²) in [6, 6.07) is 8.57. The maximum atomic E-state index is 10.9. The van der Waals surface area contributed by atoms with E-state index in [0.717, 1.165) is 31.2 Å². The smallest absolute Gasteiger partial charge is 0.303 e. The molecule has 1 unspecified atom stereocenters. The molecule has 29 heavy (non-hydrogen) atoms. The molecule has 0 saturated heterocycles. The third-order valence-corrected chi connectivity index (χ3v) is 6.15. The van der Waals surface area contributed by atoms with Crippen molar-refractivity contribution in [3.8, 4) is 0 Å². The van der Waals surface area contributed by atoms with E-state index >= 15 is 0 Å². The second-order valence-electron chi connectivity index (χ2n) is 8.71. The van der Waals surface area contributed by atoms with Crippen LogP contribution in [0.15, 0.2) is 45.8 Å². The number of nitrogens with one attached hydrogen (secondary N) is 1. The van der Waals surface area contributed by atoms with Crippen molar-refractivity contribution in [2.45, 2.75) is 63.5 Å². The van der Waals surface area contributed by atoms with Crippen molar-refractivity contribution in [1.82, 2.24) is 5.32 Å². The van der Waals surface area contributed by atoms with Crippen LogP contribution in [0.5, 0.6) is 0 Å². The minimum atomic E-state index is -0.687. The first-order valence-electron chi connectivity index (χ1n) is 10.2. The van der Waals surface area contributed by atoms with Crippen LogP contribution in [0.2, 0.25) is 0 Å². The van der Waals surface area contributed by atoms with Crippen LogP contribution in [0, 0.1) is 5.92 Å². The average molecular weight is 396 g/mol. The van der Waals surface area contributed by atoms with Gasteiger partial charge in [-0.05, 0) is 62.5 Å².